The van der Waals surface area contributed by atoms with E-state index in [1.165, 1.54) is 225 Å². The van der Waals surface area contributed by atoms with Gasteiger partial charge < -0.3 is 14.2 Å². The minimum absolute atomic E-state index is 0.0837. The maximum Gasteiger partial charge on any atom is 0.306 e. The summed E-state index contributed by atoms with van der Waals surface area (Å²) in [7, 11) is 0. The molecule has 0 rings (SSSR count). The third-order valence-electron chi connectivity index (χ3n) is 15.5. The van der Waals surface area contributed by atoms with Crippen molar-refractivity contribution in [1.82, 2.24) is 0 Å². The second-order valence-corrected chi connectivity index (χ2v) is 23.4. The Hall–Kier alpha value is -2.89. The summed E-state index contributed by atoms with van der Waals surface area (Å²) in [5.41, 5.74) is 0. The fourth-order valence-corrected chi connectivity index (χ4v) is 10.3. The molecule has 6 heteroatoms. The summed E-state index contributed by atoms with van der Waals surface area (Å²) in [6.45, 7) is 6.55. The number of unbranched alkanes of at least 4 members (excludes halogenated alkanes) is 43. The van der Waals surface area contributed by atoms with Gasteiger partial charge in [0.15, 0.2) is 6.10 Å². The third kappa shape index (κ3) is 65.8. The van der Waals surface area contributed by atoms with Crippen molar-refractivity contribution < 1.29 is 28.6 Å². The van der Waals surface area contributed by atoms with Gasteiger partial charge in [-0.1, -0.05) is 326 Å². The summed E-state index contributed by atoms with van der Waals surface area (Å²) >= 11 is 0. The Labute approximate surface area is 491 Å². The molecule has 0 aliphatic carbocycles. The SMILES string of the molecule is CC/C=C\C/C=C\C/C=C\C/C=C\CCCCCCC(=O)OC(COC(=O)CCCCCCC/C=C\CCCCCCC)COC(=O)CCCCCCCCCCCCCCCCCCCCCCCCCCCCCCCC. The minimum atomic E-state index is -0.790. The second-order valence-electron chi connectivity index (χ2n) is 23.4. The van der Waals surface area contributed by atoms with Crippen molar-refractivity contribution in [2.45, 2.75) is 374 Å². The standard InChI is InChI=1S/C73H132O6/c1-4-7-10-13-16-19-22-25-28-30-31-32-33-34-35-36-37-38-39-40-41-42-44-45-48-51-54-57-60-63-66-72(75)78-69-70(68-77-71(74)65-62-59-56-53-50-47-27-24-21-18-15-12-9-6-3)79-73(76)67-64-61-58-55-52-49-46-43-29-26-23-20-17-14-11-8-5-2/h8,11,17,20,24,26-27,29,46,49,70H,4-7,9-10,12-16,18-19,21-23,25,28,30-45,47-48,50-69H2,1-3H3/b11-8-,20-17-,27-24-,29-26-,49-46-. The van der Waals surface area contributed by atoms with Crippen molar-refractivity contribution in [2.75, 3.05) is 13.2 Å². The van der Waals surface area contributed by atoms with Crippen molar-refractivity contribution in [3.63, 3.8) is 0 Å². The number of hydrogen-bond acceptors (Lipinski definition) is 6. The zero-order chi connectivity index (χ0) is 57.1. The van der Waals surface area contributed by atoms with E-state index < -0.39 is 6.10 Å². The van der Waals surface area contributed by atoms with E-state index in [1.54, 1.807) is 0 Å². The molecule has 460 valence electrons. The zero-order valence-corrected chi connectivity index (χ0v) is 52.9. The van der Waals surface area contributed by atoms with E-state index in [0.717, 1.165) is 103 Å². The Balaban J connectivity index is 4.20. The van der Waals surface area contributed by atoms with Crippen LogP contribution in [0.2, 0.25) is 0 Å². The van der Waals surface area contributed by atoms with Gasteiger partial charge in [-0.25, -0.2) is 0 Å². The molecule has 0 saturated heterocycles. The van der Waals surface area contributed by atoms with E-state index in [-0.39, 0.29) is 31.1 Å². The highest BCUT2D eigenvalue weighted by molar-refractivity contribution is 5.71. The molecule has 0 aromatic rings. The molecule has 0 spiro atoms. The Morgan fingerprint density at radius 2 is 0.494 bits per heavy atom. The summed E-state index contributed by atoms with van der Waals surface area (Å²) in [6.07, 6.45) is 86.9. The average Bonchev–Trinajstić information content (AvgIpc) is 3.45. The summed E-state index contributed by atoms with van der Waals surface area (Å²) < 4.78 is 16.9. The second kappa shape index (κ2) is 67.6. The number of allylic oxidation sites excluding steroid dienone is 10. The number of ether oxygens (including phenoxy) is 3. The van der Waals surface area contributed by atoms with E-state index in [1.807, 2.05) is 0 Å². The molecule has 0 aliphatic heterocycles. The third-order valence-corrected chi connectivity index (χ3v) is 15.5. The Morgan fingerprint density at radius 1 is 0.266 bits per heavy atom. The van der Waals surface area contributed by atoms with Crippen LogP contribution in [0.4, 0.5) is 0 Å². The lowest BCUT2D eigenvalue weighted by atomic mass is 10.0. The fourth-order valence-electron chi connectivity index (χ4n) is 10.3. The van der Waals surface area contributed by atoms with Gasteiger partial charge in [-0.3, -0.25) is 14.4 Å². The first-order valence-electron chi connectivity index (χ1n) is 34.8. The monoisotopic (exact) mass is 1110 g/mol. The van der Waals surface area contributed by atoms with Gasteiger partial charge in [0.25, 0.3) is 0 Å². The van der Waals surface area contributed by atoms with E-state index in [2.05, 4.69) is 81.5 Å². The predicted molar refractivity (Wildman–Crippen MR) is 344 cm³/mol. The van der Waals surface area contributed by atoms with Crippen molar-refractivity contribution in [2.24, 2.45) is 0 Å². The lowest BCUT2D eigenvalue weighted by Crippen LogP contribution is -2.30. The van der Waals surface area contributed by atoms with Crippen molar-refractivity contribution in [3.05, 3.63) is 60.8 Å². The number of esters is 3. The van der Waals surface area contributed by atoms with Gasteiger partial charge >= 0.3 is 17.9 Å². The van der Waals surface area contributed by atoms with Crippen LogP contribution >= 0.6 is 0 Å². The molecule has 0 aromatic heterocycles. The number of rotatable bonds is 64. The molecule has 0 radical (unpaired) electrons. The molecule has 0 bridgehead atoms. The van der Waals surface area contributed by atoms with E-state index >= 15 is 0 Å². The van der Waals surface area contributed by atoms with Crippen molar-refractivity contribution in [1.29, 1.82) is 0 Å². The summed E-state index contributed by atoms with van der Waals surface area (Å²) in [5.74, 6) is -0.897. The molecular formula is C73H132O6. The van der Waals surface area contributed by atoms with Crippen LogP contribution in [0.3, 0.4) is 0 Å². The maximum absolute atomic E-state index is 12.9. The molecule has 6 nitrogen and oxygen atoms in total. The Morgan fingerprint density at radius 3 is 0.785 bits per heavy atom. The molecule has 79 heavy (non-hydrogen) atoms. The maximum atomic E-state index is 12.9. The van der Waals surface area contributed by atoms with Crippen LogP contribution in [0.5, 0.6) is 0 Å². The zero-order valence-electron chi connectivity index (χ0n) is 52.9. The fraction of sp³-hybridized carbons (Fsp3) is 0.822. The molecule has 0 aliphatic rings. The van der Waals surface area contributed by atoms with Crippen LogP contribution in [0.25, 0.3) is 0 Å². The van der Waals surface area contributed by atoms with Crippen LogP contribution < -0.4 is 0 Å². The molecular weight excluding hydrogens is 973 g/mol. The molecule has 1 unspecified atom stereocenters. The molecule has 0 fully saturated rings. The smallest absolute Gasteiger partial charge is 0.306 e. The first-order valence-corrected chi connectivity index (χ1v) is 34.8. The first kappa shape index (κ1) is 76.1. The van der Waals surface area contributed by atoms with Gasteiger partial charge in [0.05, 0.1) is 0 Å². The van der Waals surface area contributed by atoms with Gasteiger partial charge in [0.2, 0.25) is 0 Å². The minimum Gasteiger partial charge on any atom is -0.462 e. The van der Waals surface area contributed by atoms with Crippen LogP contribution in [0.1, 0.15) is 367 Å². The molecule has 0 N–H and O–H groups in total. The summed E-state index contributed by atoms with van der Waals surface area (Å²) in [5, 5.41) is 0. The number of hydrogen-bond donors (Lipinski definition) is 0. The van der Waals surface area contributed by atoms with Gasteiger partial charge in [-0.2, -0.15) is 0 Å². The highest BCUT2D eigenvalue weighted by Crippen LogP contribution is 2.18. The summed E-state index contributed by atoms with van der Waals surface area (Å²) in [4.78, 5) is 38.3. The van der Waals surface area contributed by atoms with Crippen molar-refractivity contribution >= 4 is 17.9 Å². The van der Waals surface area contributed by atoms with Gasteiger partial charge in [-0.15, -0.1) is 0 Å². The highest BCUT2D eigenvalue weighted by Gasteiger charge is 2.19. The van der Waals surface area contributed by atoms with E-state index in [4.69, 9.17) is 14.2 Å². The first-order chi connectivity index (χ1) is 39.0. The van der Waals surface area contributed by atoms with Crippen LogP contribution in [-0.2, 0) is 28.6 Å². The van der Waals surface area contributed by atoms with Crippen LogP contribution in [-0.4, -0.2) is 37.2 Å². The summed E-state index contributed by atoms with van der Waals surface area (Å²) in [6, 6.07) is 0. The largest absolute Gasteiger partial charge is 0.462 e. The van der Waals surface area contributed by atoms with Gasteiger partial charge in [0.1, 0.15) is 13.2 Å². The lowest BCUT2D eigenvalue weighted by Gasteiger charge is -2.18. The topological polar surface area (TPSA) is 78.9 Å². The van der Waals surface area contributed by atoms with Crippen LogP contribution in [0.15, 0.2) is 60.8 Å². The quantitative estimate of drug-likeness (QED) is 0.0261. The molecule has 0 amide bonds. The average molecular weight is 1110 g/mol. The Bertz CT molecular complexity index is 1410. The predicted octanol–water partition coefficient (Wildman–Crippen LogP) is 23.9. The number of carbonyl (C=O) groups excluding carboxylic acids is 3. The van der Waals surface area contributed by atoms with Gasteiger partial charge in [0, 0.05) is 19.3 Å². The molecule has 0 aromatic carbocycles. The van der Waals surface area contributed by atoms with E-state index in [0.29, 0.717) is 19.3 Å². The highest BCUT2D eigenvalue weighted by atomic mass is 16.6. The molecule has 1 atom stereocenters. The lowest BCUT2D eigenvalue weighted by molar-refractivity contribution is -0.167. The number of carbonyl (C=O) groups is 3. The van der Waals surface area contributed by atoms with Crippen molar-refractivity contribution in [3.8, 4) is 0 Å². The molecule has 0 saturated carbocycles. The molecule has 0 heterocycles. The van der Waals surface area contributed by atoms with Crippen LogP contribution in [0, 0.1) is 0 Å². The normalized spacial score (nSPS) is 12.4. The Kier molecular flexibility index (Phi) is 65.1. The van der Waals surface area contributed by atoms with Gasteiger partial charge in [-0.05, 0) is 83.5 Å². The van der Waals surface area contributed by atoms with E-state index in [9.17, 15) is 14.4 Å².